The number of hydrogen-bond donors (Lipinski definition) is 1. The molecule has 0 saturated carbocycles. The zero-order chi connectivity index (χ0) is 14.7. The number of amides is 1. The quantitative estimate of drug-likeness (QED) is 0.489. The maximum Gasteiger partial charge on any atom is 0.270 e. The summed E-state index contributed by atoms with van der Waals surface area (Å²) in [6.45, 7) is 2.59. The SMILES string of the molecule is CC1CC(NC(=O)c2cc([N+](=O)[O-])ccc2I)CCO1. The normalized spacial score (nSPS) is 22.3. The van der Waals surface area contributed by atoms with Crippen molar-refractivity contribution in [2.45, 2.75) is 31.9 Å². The number of benzene rings is 1. The van der Waals surface area contributed by atoms with E-state index in [9.17, 15) is 14.9 Å². The number of ether oxygens (including phenoxy) is 1. The molecule has 7 heteroatoms. The fourth-order valence-electron chi connectivity index (χ4n) is 2.19. The second-order valence-corrected chi connectivity index (χ2v) is 5.96. The van der Waals surface area contributed by atoms with Crippen LogP contribution in [0.25, 0.3) is 0 Å². The van der Waals surface area contributed by atoms with Gasteiger partial charge in [-0.3, -0.25) is 14.9 Å². The number of rotatable bonds is 3. The highest BCUT2D eigenvalue weighted by molar-refractivity contribution is 14.1. The van der Waals surface area contributed by atoms with Gasteiger partial charge in [0.1, 0.15) is 0 Å². The minimum Gasteiger partial charge on any atom is -0.378 e. The maximum absolute atomic E-state index is 12.2. The van der Waals surface area contributed by atoms with Crippen LogP contribution in [0.4, 0.5) is 5.69 Å². The minimum absolute atomic E-state index is 0.0568. The highest BCUT2D eigenvalue weighted by Gasteiger charge is 2.23. The number of carbonyl (C=O) groups is 1. The molecule has 0 aromatic heterocycles. The van der Waals surface area contributed by atoms with Gasteiger partial charge in [-0.25, -0.2) is 0 Å². The van der Waals surface area contributed by atoms with Crippen molar-refractivity contribution in [1.29, 1.82) is 0 Å². The molecule has 1 N–H and O–H groups in total. The highest BCUT2D eigenvalue weighted by atomic mass is 127. The van der Waals surface area contributed by atoms with Gasteiger partial charge in [-0.2, -0.15) is 0 Å². The standard InChI is InChI=1S/C13H15IN2O4/c1-8-6-9(4-5-20-8)15-13(17)11-7-10(16(18)19)2-3-12(11)14/h2-3,7-9H,4-6H2,1H3,(H,15,17). The number of nitro groups is 1. The Balaban J connectivity index is 2.12. The van der Waals surface area contributed by atoms with Crippen molar-refractivity contribution in [2.75, 3.05) is 6.61 Å². The molecular formula is C13H15IN2O4. The van der Waals surface area contributed by atoms with Crippen LogP contribution in [0, 0.1) is 13.7 Å². The van der Waals surface area contributed by atoms with Crippen LogP contribution >= 0.6 is 22.6 Å². The Kier molecular flexibility index (Phi) is 4.92. The molecule has 1 amide bonds. The topological polar surface area (TPSA) is 81.5 Å². The van der Waals surface area contributed by atoms with E-state index >= 15 is 0 Å². The van der Waals surface area contributed by atoms with Gasteiger partial charge in [0.2, 0.25) is 0 Å². The summed E-state index contributed by atoms with van der Waals surface area (Å²) in [5.41, 5.74) is 0.273. The number of nitrogens with one attached hydrogen (secondary N) is 1. The van der Waals surface area contributed by atoms with Crippen molar-refractivity contribution >= 4 is 34.2 Å². The third kappa shape index (κ3) is 3.66. The van der Waals surface area contributed by atoms with Crippen LogP contribution in [0.2, 0.25) is 0 Å². The molecule has 1 fully saturated rings. The molecule has 1 heterocycles. The number of hydrogen-bond acceptors (Lipinski definition) is 4. The molecule has 0 radical (unpaired) electrons. The fraction of sp³-hybridized carbons (Fsp3) is 0.462. The van der Waals surface area contributed by atoms with Gasteiger partial charge in [0.05, 0.1) is 16.6 Å². The molecule has 0 aliphatic carbocycles. The first kappa shape index (κ1) is 15.2. The average molecular weight is 390 g/mol. The molecule has 1 aliphatic rings. The van der Waals surface area contributed by atoms with Crippen molar-refractivity contribution in [2.24, 2.45) is 0 Å². The van der Waals surface area contributed by atoms with E-state index < -0.39 is 4.92 Å². The zero-order valence-electron chi connectivity index (χ0n) is 11.0. The number of carbonyl (C=O) groups excluding carboxylic acids is 1. The van der Waals surface area contributed by atoms with Crippen LogP contribution in [0.15, 0.2) is 18.2 Å². The molecule has 1 saturated heterocycles. The summed E-state index contributed by atoms with van der Waals surface area (Å²) in [6.07, 6.45) is 1.65. The van der Waals surface area contributed by atoms with Crippen molar-refractivity contribution in [3.8, 4) is 0 Å². The molecule has 6 nitrogen and oxygen atoms in total. The lowest BCUT2D eigenvalue weighted by atomic mass is 10.0. The second-order valence-electron chi connectivity index (χ2n) is 4.80. The van der Waals surface area contributed by atoms with Gasteiger partial charge in [0.15, 0.2) is 0 Å². The van der Waals surface area contributed by atoms with Crippen LogP contribution in [-0.2, 0) is 4.74 Å². The summed E-state index contributed by atoms with van der Waals surface area (Å²) < 4.78 is 6.13. The van der Waals surface area contributed by atoms with Gasteiger partial charge in [-0.05, 0) is 48.4 Å². The predicted octanol–water partition coefficient (Wildman–Crippen LogP) is 2.50. The maximum atomic E-state index is 12.2. The third-order valence-corrected chi connectivity index (χ3v) is 4.17. The Morgan fingerprint density at radius 3 is 2.95 bits per heavy atom. The van der Waals surface area contributed by atoms with E-state index in [1.54, 1.807) is 6.07 Å². The Morgan fingerprint density at radius 2 is 2.30 bits per heavy atom. The van der Waals surface area contributed by atoms with Gasteiger partial charge < -0.3 is 10.1 Å². The summed E-state index contributed by atoms with van der Waals surface area (Å²) in [7, 11) is 0. The molecule has 1 aromatic rings. The van der Waals surface area contributed by atoms with Crippen LogP contribution in [0.1, 0.15) is 30.1 Å². The third-order valence-electron chi connectivity index (χ3n) is 3.23. The molecule has 108 valence electrons. The van der Waals surface area contributed by atoms with Gasteiger partial charge in [0, 0.05) is 28.4 Å². The number of nitro benzene ring substituents is 1. The first-order valence-corrected chi connectivity index (χ1v) is 7.41. The van der Waals surface area contributed by atoms with E-state index in [1.807, 2.05) is 29.5 Å². The molecule has 1 aromatic carbocycles. The smallest absolute Gasteiger partial charge is 0.270 e. The Labute approximate surface area is 130 Å². The minimum atomic E-state index is -0.497. The molecule has 2 unspecified atom stereocenters. The molecule has 20 heavy (non-hydrogen) atoms. The Hall–Kier alpha value is -1.22. The Morgan fingerprint density at radius 1 is 1.55 bits per heavy atom. The molecular weight excluding hydrogens is 375 g/mol. The summed E-state index contributed by atoms with van der Waals surface area (Å²) in [6, 6.07) is 4.36. The second kappa shape index (κ2) is 6.49. The zero-order valence-corrected chi connectivity index (χ0v) is 13.1. The predicted molar refractivity (Wildman–Crippen MR) is 81.7 cm³/mol. The molecule has 0 spiro atoms. The lowest BCUT2D eigenvalue weighted by Gasteiger charge is -2.28. The highest BCUT2D eigenvalue weighted by Crippen LogP contribution is 2.20. The largest absolute Gasteiger partial charge is 0.378 e. The molecule has 2 atom stereocenters. The number of non-ortho nitro benzene ring substituents is 1. The number of nitrogens with zero attached hydrogens (tertiary/aromatic N) is 1. The first-order valence-electron chi connectivity index (χ1n) is 6.34. The van der Waals surface area contributed by atoms with Gasteiger partial charge in [-0.15, -0.1) is 0 Å². The van der Waals surface area contributed by atoms with Crippen molar-refractivity contribution < 1.29 is 14.5 Å². The van der Waals surface area contributed by atoms with Crippen molar-refractivity contribution in [1.82, 2.24) is 5.32 Å². The van der Waals surface area contributed by atoms with Gasteiger partial charge >= 0.3 is 0 Å². The monoisotopic (exact) mass is 390 g/mol. The van der Waals surface area contributed by atoms with Gasteiger partial charge in [-0.1, -0.05) is 0 Å². The molecule has 2 rings (SSSR count). The van der Waals surface area contributed by atoms with E-state index in [2.05, 4.69) is 5.32 Å². The fourth-order valence-corrected chi connectivity index (χ4v) is 2.77. The van der Waals surface area contributed by atoms with Gasteiger partial charge in [0.25, 0.3) is 11.6 Å². The van der Waals surface area contributed by atoms with Crippen LogP contribution in [0.3, 0.4) is 0 Å². The van der Waals surface area contributed by atoms with Crippen LogP contribution in [0.5, 0.6) is 0 Å². The lowest BCUT2D eigenvalue weighted by Crippen LogP contribution is -2.41. The summed E-state index contributed by atoms with van der Waals surface area (Å²) in [4.78, 5) is 22.5. The molecule has 1 aliphatic heterocycles. The summed E-state index contributed by atoms with van der Waals surface area (Å²) >= 11 is 2.01. The lowest BCUT2D eigenvalue weighted by molar-refractivity contribution is -0.384. The van der Waals surface area contributed by atoms with E-state index in [0.29, 0.717) is 15.7 Å². The summed E-state index contributed by atoms with van der Waals surface area (Å²) in [5, 5.41) is 13.7. The van der Waals surface area contributed by atoms with Crippen molar-refractivity contribution in [3.05, 3.63) is 37.4 Å². The van der Waals surface area contributed by atoms with E-state index in [0.717, 1.165) is 12.8 Å². The average Bonchev–Trinajstić information content (AvgIpc) is 2.38. The molecule has 0 bridgehead atoms. The Bertz CT molecular complexity index is 535. The van der Waals surface area contributed by atoms with E-state index in [4.69, 9.17) is 4.74 Å². The number of halogens is 1. The van der Waals surface area contributed by atoms with E-state index in [1.165, 1.54) is 12.1 Å². The first-order chi connectivity index (χ1) is 9.47. The van der Waals surface area contributed by atoms with Crippen LogP contribution in [-0.4, -0.2) is 29.6 Å². The van der Waals surface area contributed by atoms with Crippen LogP contribution < -0.4 is 5.32 Å². The summed E-state index contributed by atoms with van der Waals surface area (Å²) in [5.74, 6) is -0.266. The van der Waals surface area contributed by atoms with E-state index in [-0.39, 0.29) is 23.7 Å². The van der Waals surface area contributed by atoms with Crippen molar-refractivity contribution in [3.63, 3.8) is 0 Å².